The minimum absolute atomic E-state index is 0. The van der Waals surface area contributed by atoms with Crippen molar-refractivity contribution < 1.29 is 31.0 Å². The quantitative estimate of drug-likeness (QED) is 0.460. The van der Waals surface area contributed by atoms with Crippen LogP contribution in [0, 0.1) is 5.92 Å². The Bertz CT molecular complexity index is 223. The van der Waals surface area contributed by atoms with Crippen LogP contribution in [0.3, 0.4) is 0 Å². The second-order valence-electron chi connectivity index (χ2n) is 3.63. The third-order valence-electron chi connectivity index (χ3n) is 2.97. The van der Waals surface area contributed by atoms with Crippen LogP contribution in [-0.2, 0) is 0 Å². The average Bonchev–Trinajstić information content (AvgIpc) is 2.47. The molecule has 0 aliphatic heterocycles. The summed E-state index contributed by atoms with van der Waals surface area (Å²) in [6.45, 7) is 0. The molecule has 0 aromatic rings. The Morgan fingerprint density at radius 1 is 1.42 bits per heavy atom. The summed E-state index contributed by atoms with van der Waals surface area (Å²) < 4.78 is 0. The van der Waals surface area contributed by atoms with E-state index in [1.54, 1.807) is 11.1 Å². The van der Waals surface area contributed by atoms with Gasteiger partial charge >= 0.3 is 29.6 Å². The molecule has 0 heterocycles. The van der Waals surface area contributed by atoms with Crippen molar-refractivity contribution in [3.8, 4) is 0 Å². The molecule has 0 N–H and O–H groups in total. The summed E-state index contributed by atoms with van der Waals surface area (Å²) >= 11 is 0. The molecule has 2 rings (SSSR count). The molecule has 0 aromatic carbocycles. The second-order valence-corrected chi connectivity index (χ2v) is 4.45. The zero-order valence-corrected chi connectivity index (χ0v) is 12.3. The third-order valence-corrected chi connectivity index (χ3v) is 3.85. The summed E-state index contributed by atoms with van der Waals surface area (Å²) in [5, 5.41) is 0. The van der Waals surface area contributed by atoms with Gasteiger partial charge in [0.1, 0.15) is 0 Å². The van der Waals surface area contributed by atoms with E-state index < -0.39 is 0 Å². The topological polar surface area (TPSA) is 0 Å². The van der Waals surface area contributed by atoms with Gasteiger partial charge in [-0.15, -0.1) is 0 Å². The molecular weight excluding hydrogens is 171 g/mol. The van der Waals surface area contributed by atoms with Crippen LogP contribution in [0.4, 0.5) is 0 Å². The first-order valence-corrected chi connectivity index (χ1v) is 6.23. The fraction of sp³-hybridized carbons (Fsp3) is 0.600. The summed E-state index contributed by atoms with van der Waals surface area (Å²) in [7, 11) is 1.36. The normalized spacial score (nSPS) is 27.2. The first-order valence-electron chi connectivity index (χ1n) is 4.82. The monoisotopic (exact) mass is 188 g/mol. The van der Waals surface area contributed by atoms with Crippen LogP contribution in [-0.4, -0.2) is 10.2 Å². The van der Waals surface area contributed by atoms with Crippen molar-refractivity contribution >= 4 is 10.2 Å². The van der Waals surface area contributed by atoms with Crippen molar-refractivity contribution in [2.45, 2.75) is 31.7 Å². The molecule has 0 bridgehead atoms. The Morgan fingerprint density at radius 2 is 2.17 bits per heavy atom. The Hall–Kier alpha value is 0.697. The number of hydrogen-bond donors (Lipinski definition) is 0. The van der Waals surface area contributed by atoms with E-state index in [9.17, 15) is 0 Å². The van der Waals surface area contributed by atoms with Crippen LogP contribution in [0.1, 0.15) is 27.1 Å². The Kier molecular flexibility index (Phi) is 4.31. The van der Waals surface area contributed by atoms with Gasteiger partial charge in [0, 0.05) is 10.2 Å². The first-order chi connectivity index (χ1) is 5.42. The average molecular weight is 188 g/mol. The summed E-state index contributed by atoms with van der Waals surface area (Å²) in [4.78, 5) is 0. The van der Waals surface area contributed by atoms with Crippen molar-refractivity contribution in [3.05, 3.63) is 23.3 Å². The molecule has 0 amide bonds. The smallest absolute Gasteiger partial charge is 1.00 e. The van der Waals surface area contributed by atoms with Crippen LogP contribution in [0.25, 0.3) is 0 Å². The van der Waals surface area contributed by atoms with E-state index in [1.165, 1.54) is 42.0 Å². The molecule has 0 aromatic heterocycles. The van der Waals surface area contributed by atoms with Gasteiger partial charge in [-0.1, -0.05) is 23.8 Å². The maximum absolute atomic E-state index is 2.43. The van der Waals surface area contributed by atoms with Gasteiger partial charge in [-0.05, 0) is 37.2 Å². The Morgan fingerprint density at radius 3 is 2.92 bits per heavy atom. The van der Waals surface area contributed by atoms with Crippen molar-refractivity contribution in [2.24, 2.45) is 5.92 Å². The standard InChI is InChI=1S/C10H16Si.Na.H/c11-7-9-6-5-8-3-1-2-4-10(8)9;;/h5-6,9H,1-4,7H2,11H3;;/q;+1;-1. The van der Waals surface area contributed by atoms with Gasteiger partial charge in [-0.25, -0.2) is 0 Å². The minimum Gasteiger partial charge on any atom is -1.00 e. The zero-order chi connectivity index (χ0) is 7.68. The maximum atomic E-state index is 2.43. The van der Waals surface area contributed by atoms with E-state index in [4.69, 9.17) is 0 Å². The van der Waals surface area contributed by atoms with Gasteiger partial charge in [0.25, 0.3) is 0 Å². The molecule has 2 heteroatoms. The molecule has 0 radical (unpaired) electrons. The van der Waals surface area contributed by atoms with Crippen molar-refractivity contribution in [3.63, 3.8) is 0 Å². The molecular formula is C10H17NaSi. The summed E-state index contributed by atoms with van der Waals surface area (Å²) in [5.74, 6) is 0.872. The van der Waals surface area contributed by atoms with E-state index >= 15 is 0 Å². The first kappa shape index (κ1) is 10.8. The molecule has 0 fully saturated rings. The van der Waals surface area contributed by atoms with Crippen LogP contribution in [0.15, 0.2) is 23.3 Å². The van der Waals surface area contributed by atoms with E-state index in [1.807, 2.05) is 0 Å². The van der Waals surface area contributed by atoms with Crippen LogP contribution >= 0.6 is 0 Å². The minimum atomic E-state index is 0. The van der Waals surface area contributed by atoms with Crippen LogP contribution in [0.5, 0.6) is 0 Å². The number of rotatable bonds is 1. The molecule has 1 unspecified atom stereocenters. The van der Waals surface area contributed by atoms with Gasteiger partial charge in [0.05, 0.1) is 0 Å². The number of hydrogen-bond acceptors (Lipinski definition) is 0. The molecule has 12 heavy (non-hydrogen) atoms. The van der Waals surface area contributed by atoms with E-state index in [0.717, 1.165) is 5.92 Å². The summed E-state index contributed by atoms with van der Waals surface area (Å²) in [6.07, 6.45) is 10.5. The van der Waals surface area contributed by atoms with Crippen molar-refractivity contribution in [1.29, 1.82) is 0 Å². The largest absolute Gasteiger partial charge is 1.00 e. The van der Waals surface area contributed by atoms with E-state index in [0.29, 0.717) is 0 Å². The second kappa shape index (κ2) is 4.80. The molecule has 0 spiro atoms. The van der Waals surface area contributed by atoms with Gasteiger partial charge in [0.2, 0.25) is 0 Å². The van der Waals surface area contributed by atoms with Gasteiger partial charge in [-0.3, -0.25) is 0 Å². The van der Waals surface area contributed by atoms with E-state index in [-0.39, 0.29) is 31.0 Å². The molecule has 1 atom stereocenters. The van der Waals surface area contributed by atoms with E-state index in [2.05, 4.69) is 12.2 Å². The molecule has 0 saturated carbocycles. The fourth-order valence-corrected chi connectivity index (χ4v) is 3.06. The van der Waals surface area contributed by atoms with Gasteiger partial charge < -0.3 is 1.43 Å². The molecule has 2 aliphatic carbocycles. The Balaban J connectivity index is 0.000000720. The van der Waals surface area contributed by atoms with Crippen LogP contribution < -0.4 is 29.6 Å². The Labute approximate surface area is 102 Å². The molecule has 2 aliphatic rings. The molecule has 0 saturated heterocycles. The number of allylic oxidation sites excluding steroid dienone is 4. The van der Waals surface area contributed by atoms with Crippen LogP contribution in [0.2, 0.25) is 6.04 Å². The van der Waals surface area contributed by atoms with Gasteiger partial charge in [0.15, 0.2) is 0 Å². The maximum Gasteiger partial charge on any atom is 1.00 e. The molecule has 62 valence electrons. The fourth-order valence-electron chi connectivity index (χ4n) is 2.30. The zero-order valence-electron chi connectivity index (χ0n) is 9.27. The predicted octanol–water partition coefficient (Wildman–Crippen LogP) is -1.06. The summed E-state index contributed by atoms with van der Waals surface area (Å²) in [6, 6.07) is 1.44. The summed E-state index contributed by atoms with van der Waals surface area (Å²) in [5.41, 5.74) is 3.49. The van der Waals surface area contributed by atoms with Crippen molar-refractivity contribution in [2.75, 3.05) is 0 Å². The SMILES string of the molecule is [H-].[Na+].[SiH3]CC1C=CC2=C1CCCC2. The molecule has 0 nitrogen and oxygen atoms in total. The van der Waals surface area contributed by atoms with Crippen molar-refractivity contribution in [1.82, 2.24) is 0 Å². The third kappa shape index (κ3) is 1.95. The predicted molar refractivity (Wildman–Crippen MR) is 54.0 cm³/mol. The van der Waals surface area contributed by atoms with Gasteiger partial charge in [-0.2, -0.15) is 0 Å².